The first-order valence-electron chi connectivity index (χ1n) is 11.5. The smallest absolute Gasteiger partial charge is 0.223 e. The highest BCUT2D eigenvalue weighted by atomic mass is 16.2. The lowest BCUT2D eigenvalue weighted by atomic mass is 9.97. The fourth-order valence-corrected chi connectivity index (χ4v) is 3.17. The Balaban J connectivity index is 3.52. The summed E-state index contributed by atoms with van der Waals surface area (Å²) < 4.78 is 0. The van der Waals surface area contributed by atoms with Crippen LogP contribution in [0.5, 0.6) is 0 Å². The highest BCUT2D eigenvalue weighted by molar-refractivity contribution is 5.76. The van der Waals surface area contributed by atoms with Crippen LogP contribution in [0.1, 0.15) is 118 Å². The van der Waals surface area contributed by atoms with E-state index in [0.717, 1.165) is 12.8 Å². The van der Waals surface area contributed by atoms with Gasteiger partial charge in [0.15, 0.2) is 0 Å². The summed E-state index contributed by atoms with van der Waals surface area (Å²) in [5.74, 6) is 0.423. The number of allylic oxidation sites excluding steroid dienone is 2. The molecule has 0 aliphatic heterocycles. The summed E-state index contributed by atoms with van der Waals surface area (Å²) >= 11 is 0. The number of carbonyl (C=O) groups is 1. The molecule has 0 radical (unpaired) electrons. The molecule has 0 heterocycles. The second-order valence-electron chi connectivity index (χ2n) is 8.67. The zero-order valence-corrected chi connectivity index (χ0v) is 19.1. The number of amides is 1. The Morgan fingerprint density at radius 2 is 1.33 bits per heavy atom. The van der Waals surface area contributed by atoms with Gasteiger partial charge in [0, 0.05) is 13.5 Å². The lowest BCUT2D eigenvalue weighted by Crippen LogP contribution is -2.57. The number of hydrogen-bond acceptors (Lipinski definition) is 2. The van der Waals surface area contributed by atoms with Gasteiger partial charge in [-0.1, -0.05) is 84.3 Å². The summed E-state index contributed by atoms with van der Waals surface area (Å²) in [5.41, 5.74) is 5.70. The molecular weight excluding hydrogens is 332 g/mol. The largest absolute Gasteiger partial charge is 0.328 e. The molecule has 1 atom stereocenters. The highest BCUT2D eigenvalue weighted by Crippen LogP contribution is 2.19. The van der Waals surface area contributed by atoms with Crippen molar-refractivity contribution in [2.24, 2.45) is 11.7 Å². The van der Waals surface area contributed by atoms with E-state index in [2.05, 4.69) is 32.9 Å². The molecule has 2 N–H and O–H groups in total. The number of unbranched alkanes of at least 4 members (excludes halogenated alkanes) is 11. The zero-order chi connectivity index (χ0) is 20.5. The summed E-state index contributed by atoms with van der Waals surface area (Å²) in [6.45, 7) is 8.33. The minimum atomic E-state index is -0.557. The third-order valence-corrected chi connectivity index (χ3v) is 5.92. The molecule has 0 aromatic rings. The summed E-state index contributed by atoms with van der Waals surface area (Å²) in [7, 11) is 1.83. The van der Waals surface area contributed by atoms with E-state index < -0.39 is 5.66 Å². The number of hydrogen-bond donors (Lipinski definition) is 1. The van der Waals surface area contributed by atoms with Gasteiger partial charge in [0.1, 0.15) is 0 Å². The highest BCUT2D eigenvalue weighted by Gasteiger charge is 2.30. The topological polar surface area (TPSA) is 46.3 Å². The minimum absolute atomic E-state index is 0.173. The van der Waals surface area contributed by atoms with E-state index in [1.165, 1.54) is 70.6 Å². The van der Waals surface area contributed by atoms with E-state index in [4.69, 9.17) is 5.73 Å². The summed E-state index contributed by atoms with van der Waals surface area (Å²) in [6, 6.07) is 0. The normalized spacial score (nSPS) is 14.0. The van der Waals surface area contributed by atoms with E-state index >= 15 is 0 Å². The van der Waals surface area contributed by atoms with Gasteiger partial charge in [-0.25, -0.2) is 0 Å². The van der Waals surface area contributed by atoms with Crippen molar-refractivity contribution in [1.82, 2.24) is 4.90 Å². The maximum atomic E-state index is 12.3. The van der Waals surface area contributed by atoms with E-state index in [-0.39, 0.29) is 11.8 Å². The van der Waals surface area contributed by atoms with Gasteiger partial charge in [-0.15, -0.1) is 0 Å². The molecule has 0 fully saturated rings. The van der Waals surface area contributed by atoms with Crippen molar-refractivity contribution in [1.29, 1.82) is 0 Å². The van der Waals surface area contributed by atoms with Crippen LogP contribution in [0.3, 0.4) is 0 Å². The van der Waals surface area contributed by atoms with Gasteiger partial charge in [-0.3, -0.25) is 4.79 Å². The third kappa shape index (κ3) is 13.1. The monoisotopic (exact) mass is 380 g/mol. The van der Waals surface area contributed by atoms with Crippen molar-refractivity contribution in [2.75, 3.05) is 7.05 Å². The van der Waals surface area contributed by atoms with Crippen molar-refractivity contribution in [3.63, 3.8) is 0 Å². The lowest BCUT2D eigenvalue weighted by Gasteiger charge is -2.39. The zero-order valence-electron chi connectivity index (χ0n) is 19.1. The Labute approximate surface area is 170 Å². The maximum absolute atomic E-state index is 12.3. The van der Waals surface area contributed by atoms with Crippen LogP contribution < -0.4 is 5.73 Å². The number of carbonyl (C=O) groups excluding carboxylic acids is 1. The van der Waals surface area contributed by atoms with E-state index in [0.29, 0.717) is 6.42 Å². The Morgan fingerprint density at radius 3 is 1.81 bits per heavy atom. The molecule has 0 bridgehead atoms. The Morgan fingerprint density at radius 1 is 0.889 bits per heavy atom. The van der Waals surface area contributed by atoms with Gasteiger partial charge in [0.05, 0.1) is 5.66 Å². The van der Waals surface area contributed by atoms with Crippen molar-refractivity contribution in [2.45, 2.75) is 123 Å². The van der Waals surface area contributed by atoms with Crippen LogP contribution in [0.25, 0.3) is 0 Å². The van der Waals surface area contributed by atoms with Gasteiger partial charge in [0.2, 0.25) is 5.91 Å². The van der Waals surface area contributed by atoms with Gasteiger partial charge in [-0.05, 0) is 44.9 Å². The fraction of sp³-hybridized carbons (Fsp3) is 0.875. The molecule has 27 heavy (non-hydrogen) atoms. The predicted octanol–water partition coefficient (Wildman–Crippen LogP) is 6.81. The molecule has 0 aromatic heterocycles. The van der Waals surface area contributed by atoms with E-state index in [9.17, 15) is 4.79 Å². The molecule has 1 amide bonds. The first-order valence-corrected chi connectivity index (χ1v) is 11.5. The van der Waals surface area contributed by atoms with Crippen molar-refractivity contribution < 1.29 is 4.79 Å². The van der Waals surface area contributed by atoms with Crippen molar-refractivity contribution >= 4 is 5.91 Å². The number of nitrogens with two attached hydrogens (primary N) is 1. The van der Waals surface area contributed by atoms with Crippen LogP contribution >= 0.6 is 0 Å². The van der Waals surface area contributed by atoms with Crippen LogP contribution in [0.15, 0.2) is 12.2 Å². The molecule has 0 aliphatic rings. The molecule has 0 spiro atoms. The third-order valence-electron chi connectivity index (χ3n) is 5.92. The number of rotatable bonds is 17. The van der Waals surface area contributed by atoms with E-state index in [1.807, 2.05) is 14.0 Å². The standard InChI is InChI=1S/C24H48N2O/c1-6-7-8-9-10-11-12-13-14-15-16-17-18-19-20-21-23(27)26(5)24(4,25)22(2)3/h13-14,22H,6-12,15-21,25H2,1-5H3/b14-13-. The minimum Gasteiger partial charge on any atom is -0.328 e. The van der Waals surface area contributed by atoms with Gasteiger partial charge in [-0.2, -0.15) is 0 Å². The molecule has 3 heteroatoms. The summed E-state index contributed by atoms with van der Waals surface area (Å²) in [4.78, 5) is 14.0. The van der Waals surface area contributed by atoms with Crippen LogP contribution in [0.4, 0.5) is 0 Å². The molecule has 160 valence electrons. The molecule has 1 unspecified atom stereocenters. The summed E-state index contributed by atoms with van der Waals surface area (Å²) in [6.07, 6.45) is 22.0. The van der Waals surface area contributed by atoms with Crippen LogP contribution in [0, 0.1) is 5.92 Å². The maximum Gasteiger partial charge on any atom is 0.223 e. The van der Waals surface area contributed by atoms with Gasteiger partial charge in [0.25, 0.3) is 0 Å². The second-order valence-corrected chi connectivity index (χ2v) is 8.67. The average Bonchev–Trinajstić information content (AvgIpc) is 2.63. The predicted molar refractivity (Wildman–Crippen MR) is 120 cm³/mol. The van der Waals surface area contributed by atoms with Gasteiger partial charge >= 0.3 is 0 Å². The quantitative estimate of drug-likeness (QED) is 0.171. The van der Waals surface area contributed by atoms with Crippen LogP contribution in [0.2, 0.25) is 0 Å². The molecule has 0 saturated carbocycles. The molecule has 3 nitrogen and oxygen atoms in total. The Bertz CT molecular complexity index is 388. The molecule has 0 saturated heterocycles. The van der Waals surface area contributed by atoms with E-state index in [1.54, 1.807) is 4.90 Å². The van der Waals surface area contributed by atoms with Crippen LogP contribution in [-0.4, -0.2) is 23.5 Å². The Hall–Kier alpha value is -0.830. The first kappa shape index (κ1) is 26.2. The second kappa shape index (κ2) is 16.2. The lowest BCUT2D eigenvalue weighted by molar-refractivity contribution is -0.136. The molecule has 0 rings (SSSR count). The Kier molecular flexibility index (Phi) is 15.7. The fourth-order valence-electron chi connectivity index (χ4n) is 3.17. The van der Waals surface area contributed by atoms with Gasteiger partial charge < -0.3 is 10.6 Å². The van der Waals surface area contributed by atoms with Crippen molar-refractivity contribution in [3.05, 3.63) is 12.2 Å². The SMILES string of the molecule is CCCCCCCC/C=C\CCCCCCCC(=O)N(C)C(C)(N)C(C)C. The number of nitrogens with zero attached hydrogens (tertiary/aromatic N) is 1. The molecule has 0 aromatic carbocycles. The first-order chi connectivity index (χ1) is 12.8. The average molecular weight is 381 g/mol. The molecule has 0 aliphatic carbocycles. The van der Waals surface area contributed by atoms with Crippen molar-refractivity contribution in [3.8, 4) is 0 Å². The molecular formula is C24H48N2O. The summed E-state index contributed by atoms with van der Waals surface area (Å²) in [5, 5.41) is 0. The van der Waals surface area contributed by atoms with Crippen LogP contribution in [-0.2, 0) is 4.79 Å².